The minimum Gasteiger partial charge on any atom is -0.339 e. The maximum atomic E-state index is 12.2. The molecule has 0 unspecified atom stereocenters. The second kappa shape index (κ2) is 8.06. The minimum absolute atomic E-state index is 0.0327. The van der Waals surface area contributed by atoms with Gasteiger partial charge in [0.1, 0.15) is 0 Å². The first-order chi connectivity index (χ1) is 11.3. The Morgan fingerprint density at radius 3 is 2.33 bits per heavy atom. The van der Waals surface area contributed by atoms with Gasteiger partial charge in [0.05, 0.1) is 10.9 Å². The molecular formula is C16H26N4O3S. The summed E-state index contributed by atoms with van der Waals surface area (Å²) in [5.41, 5.74) is 6.63. The van der Waals surface area contributed by atoms with Crippen molar-refractivity contribution >= 4 is 15.9 Å². The van der Waals surface area contributed by atoms with Crippen LogP contribution in [0.4, 0.5) is 0 Å². The SMILES string of the molecule is Cc1ccc(S(=O)(=O)NCCN2CCN(C(=O)[C@@H](C)N)CC2)cc1. The lowest BCUT2D eigenvalue weighted by molar-refractivity contribution is -0.133. The van der Waals surface area contributed by atoms with Crippen molar-refractivity contribution < 1.29 is 13.2 Å². The molecule has 0 aromatic heterocycles. The van der Waals surface area contributed by atoms with E-state index in [9.17, 15) is 13.2 Å². The lowest BCUT2D eigenvalue weighted by Crippen LogP contribution is -2.53. The van der Waals surface area contributed by atoms with Crippen LogP contribution in [0.3, 0.4) is 0 Å². The minimum atomic E-state index is -3.47. The Morgan fingerprint density at radius 2 is 1.79 bits per heavy atom. The molecule has 2 rings (SSSR count). The van der Waals surface area contributed by atoms with Crippen molar-refractivity contribution in [2.24, 2.45) is 5.73 Å². The van der Waals surface area contributed by atoms with E-state index in [1.54, 1.807) is 36.1 Å². The zero-order valence-electron chi connectivity index (χ0n) is 14.2. The van der Waals surface area contributed by atoms with Gasteiger partial charge in [-0.2, -0.15) is 0 Å². The molecular weight excluding hydrogens is 328 g/mol. The molecule has 1 aliphatic heterocycles. The maximum absolute atomic E-state index is 12.2. The van der Waals surface area contributed by atoms with E-state index in [2.05, 4.69) is 9.62 Å². The van der Waals surface area contributed by atoms with Crippen molar-refractivity contribution in [3.63, 3.8) is 0 Å². The molecule has 8 heteroatoms. The molecule has 1 amide bonds. The summed E-state index contributed by atoms with van der Waals surface area (Å²) in [5.74, 6) is -0.0327. The molecule has 24 heavy (non-hydrogen) atoms. The molecule has 0 saturated carbocycles. The number of nitrogens with one attached hydrogen (secondary N) is 1. The summed E-state index contributed by atoms with van der Waals surface area (Å²) in [4.78, 5) is 16.0. The summed E-state index contributed by atoms with van der Waals surface area (Å²) in [6.45, 7) is 7.28. The predicted molar refractivity (Wildman–Crippen MR) is 93.0 cm³/mol. The van der Waals surface area contributed by atoms with Crippen LogP contribution in [0.15, 0.2) is 29.2 Å². The summed E-state index contributed by atoms with van der Waals surface area (Å²) in [6.07, 6.45) is 0. The largest absolute Gasteiger partial charge is 0.339 e. The van der Waals surface area contributed by atoms with Crippen molar-refractivity contribution in [3.8, 4) is 0 Å². The van der Waals surface area contributed by atoms with Gasteiger partial charge < -0.3 is 10.6 Å². The molecule has 1 aromatic carbocycles. The molecule has 1 atom stereocenters. The zero-order valence-corrected chi connectivity index (χ0v) is 15.1. The Hall–Kier alpha value is -1.48. The van der Waals surface area contributed by atoms with E-state index in [0.29, 0.717) is 26.2 Å². The Balaban J connectivity index is 1.77. The first-order valence-electron chi connectivity index (χ1n) is 8.12. The van der Waals surface area contributed by atoms with Crippen molar-refractivity contribution in [1.82, 2.24) is 14.5 Å². The number of aryl methyl sites for hydroxylation is 1. The van der Waals surface area contributed by atoms with Crippen LogP contribution in [0, 0.1) is 6.92 Å². The summed E-state index contributed by atoms with van der Waals surface area (Å²) in [5, 5.41) is 0. The normalized spacial score (nSPS) is 17.7. The van der Waals surface area contributed by atoms with Gasteiger partial charge in [-0.05, 0) is 26.0 Å². The molecule has 3 N–H and O–H groups in total. The molecule has 1 aliphatic rings. The highest BCUT2D eigenvalue weighted by Gasteiger charge is 2.23. The van der Waals surface area contributed by atoms with Gasteiger partial charge in [0.15, 0.2) is 0 Å². The number of benzene rings is 1. The monoisotopic (exact) mass is 354 g/mol. The van der Waals surface area contributed by atoms with E-state index in [4.69, 9.17) is 5.73 Å². The molecule has 1 fully saturated rings. The highest BCUT2D eigenvalue weighted by Crippen LogP contribution is 2.09. The zero-order chi connectivity index (χ0) is 17.7. The Bertz CT molecular complexity index is 650. The van der Waals surface area contributed by atoms with Crippen LogP contribution in [0.2, 0.25) is 0 Å². The van der Waals surface area contributed by atoms with Gasteiger partial charge in [0.2, 0.25) is 15.9 Å². The van der Waals surface area contributed by atoms with Crippen LogP contribution in [0.25, 0.3) is 0 Å². The third-order valence-corrected chi connectivity index (χ3v) is 5.60. The number of hydrogen-bond acceptors (Lipinski definition) is 5. The van der Waals surface area contributed by atoms with Crippen LogP contribution < -0.4 is 10.5 Å². The molecule has 1 aromatic rings. The summed E-state index contributed by atoms with van der Waals surface area (Å²) < 4.78 is 27.0. The standard InChI is InChI=1S/C16H26N4O3S/c1-13-3-5-15(6-4-13)24(22,23)18-7-8-19-9-11-20(12-10-19)16(21)14(2)17/h3-6,14,18H,7-12,17H2,1-2H3/t14-/m1/s1. The van der Waals surface area contributed by atoms with Crippen molar-refractivity contribution in [1.29, 1.82) is 0 Å². The lowest BCUT2D eigenvalue weighted by atomic mass is 10.2. The summed E-state index contributed by atoms with van der Waals surface area (Å²) >= 11 is 0. The number of piperazine rings is 1. The molecule has 0 bridgehead atoms. The predicted octanol–water partition coefficient (Wildman–Crippen LogP) is -0.235. The molecule has 0 radical (unpaired) electrons. The van der Waals surface area contributed by atoms with Crippen LogP contribution in [0.1, 0.15) is 12.5 Å². The maximum Gasteiger partial charge on any atom is 0.240 e. The van der Waals surface area contributed by atoms with E-state index < -0.39 is 16.1 Å². The second-order valence-corrected chi connectivity index (χ2v) is 7.93. The molecule has 1 saturated heterocycles. The van der Waals surface area contributed by atoms with Gasteiger partial charge in [-0.25, -0.2) is 13.1 Å². The van der Waals surface area contributed by atoms with Gasteiger partial charge in [0, 0.05) is 39.3 Å². The molecule has 0 aliphatic carbocycles. The van der Waals surface area contributed by atoms with Gasteiger partial charge in [0.25, 0.3) is 0 Å². The van der Waals surface area contributed by atoms with E-state index in [1.807, 2.05) is 6.92 Å². The first-order valence-corrected chi connectivity index (χ1v) is 9.61. The second-order valence-electron chi connectivity index (χ2n) is 6.17. The van der Waals surface area contributed by atoms with Crippen LogP contribution >= 0.6 is 0 Å². The van der Waals surface area contributed by atoms with Crippen LogP contribution in [-0.4, -0.2) is 69.4 Å². The van der Waals surface area contributed by atoms with E-state index in [0.717, 1.165) is 18.7 Å². The van der Waals surface area contributed by atoms with Gasteiger partial charge in [-0.3, -0.25) is 9.69 Å². The number of amides is 1. The van der Waals surface area contributed by atoms with Crippen molar-refractivity contribution in [2.75, 3.05) is 39.3 Å². The topological polar surface area (TPSA) is 95.7 Å². The summed E-state index contributed by atoms with van der Waals surface area (Å²) in [7, 11) is -3.47. The smallest absolute Gasteiger partial charge is 0.240 e. The van der Waals surface area contributed by atoms with Crippen LogP contribution in [0.5, 0.6) is 0 Å². The van der Waals surface area contributed by atoms with E-state index in [-0.39, 0.29) is 10.8 Å². The Labute approximate surface area is 143 Å². The highest BCUT2D eigenvalue weighted by atomic mass is 32.2. The van der Waals surface area contributed by atoms with E-state index in [1.165, 1.54) is 0 Å². The molecule has 0 spiro atoms. The van der Waals surface area contributed by atoms with Gasteiger partial charge in [-0.15, -0.1) is 0 Å². The first kappa shape index (κ1) is 18.9. The fraction of sp³-hybridized carbons (Fsp3) is 0.562. The Kier molecular flexibility index (Phi) is 6.34. The fourth-order valence-electron chi connectivity index (χ4n) is 2.62. The number of rotatable bonds is 6. The van der Waals surface area contributed by atoms with Gasteiger partial charge >= 0.3 is 0 Å². The average Bonchev–Trinajstić information content (AvgIpc) is 2.55. The van der Waals surface area contributed by atoms with Gasteiger partial charge in [-0.1, -0.05) is 17.7 Å². The molecule has 134 valence electrons. The third kappa shape index (κ3) is 5.01. The lowest BCUT2D eigenvalue weighted by Gasteiger charge is -2.35. The number of carbonyl (C=O) groups is 1. The average molecular weight is 354 g/mol. The van der Waals surface area contributed by atoms with E-state index >= 15 is 0 Å². The number of carbonyl (C=O) groups excluding carboxylic acids is 1. The van der Waals surface area contributed by atoms with Crippen molar-refractivity contribution in [3.05, 3.63) is 29.8 Å². The van der Waals surface area contributed by atoms with Crippen LogP contribution in [-0.2, 0) is 14.8 Å². The fourth-order valence-corrected chi connectivity index (χ4v) is 3.64. The summed E-state index contributed by atoms with van der Waals surface area (Å²) in [6, 6.07) is 6.30. The quantitative estimate of drug-likeness (QED) is 0.735. The molecule has 1 heterocycles. The number of nitrogens with two attached hydrogens (primary N) is 1. The highest BCUT2D eigenvalue weighted by molar-refractivity contribution is 7.89. The number of hydrogen-bond donors (Lipinski definition) is 2. The third-order valence-electron chi connectivity index (χ3n) is 4.12. The molecule has 7 nitrogen and oxygen atoms in total. The Morgan fingerprint density at radius 1 is 1.21 bits per heavy atom. The van der Waals surface area contributed by atoms with Crippen molar-refractivity contribution in [2.45, 2.75) is 24.8 Å². The number of sulfonamides is 1. The number of nitrogens with zero attached hydrogens (tertiary/aromatic N) is 2.